The van der Waals surface area contributed by atoms with Gasteiger partial charge in [0, 0.05) is 54.7 Å². The summed E-state index contributed by atoms with van der Waals surface area (Å²) in [5.74, 6) is 1.33. The van der Waals surface area contributed by atoms with E-state index in [1.807, 2.05) is 30.3 Å². The number of hydrogen-bond donors (Lipinski definition) is 0. The standard InChI is InChI=1S/C52H32N6/c1-3-16-33(17-4-1)49-37-22-7-11-26-41(37)53-51(55-49)35-20-15-21-36(32-35)57-43-28-13-9-24-39(43)47-45(57)30-31-46-48(47)40-25-10-14-29-44(40)58(46)52-54-42-27-12-8-23-38(42)50(56-52)34-18-5-2-6-19-34/h1-32H. The highest BCUT2D eigenvalue weighted by molar-refractivity contribution is 6.28. The van der Waals surface area contributed by atoms with Gasteiger partial charge in [-0.2, -0.15) is 0 Å². The monoisotopic (exact) mass is 740 g/mol. The molecule has 0 radical (unpaired) electrons. The molecule has 8 aromatic carbocycles. The molecule has 0 N–H and O–H groups in total. The summed E-state index contributed by atoms with van der Waals surface area (Å²) in [4.78, 5) is 20.8. The first-order valence-electron chi connectivity index (χ1n) is 19.5. The molecule has 6 heteroatoms. The molecule has 0 fully saturated rings. The van der Waals surface area contributed by atoms with Crippen molar-refractivity contribution in [2.45, 2.75) is 0 Å². The van der Waals surface area contributed by atoms with Gasteiger partial charge in [-0.05, 0) is 48.5 Å². The highest BCUT2D eigenvalue weighted by Gasteiger charge is 2.23. The van der Waals surface area contributed by atoms with Crippen LogP contribution in [0.1, 0.15) is 0 Å². The van der Waals surface area contributed by atoms with Gasteiger partial charge in [-0.3, -0.25) is 4.57 Å². The SMILES string of the molecule is c1ccc(-c2nc(-c3cccc(-n4c5ccccc5c5c6c7ccccc7n(-c7nc(-c8ccccc8)c8ccccc8n7)c6ccc54)c3)nc3ccccc23)cc1. The quantitative estimate of drug-likeness (QED) is 0.176. The van der Waals surface area contributed by atoms with Crippen molar-refractivity contribution in [3.8, 4) is 45.5 Å². The van der Waals surface area contributed by atoms with Gasteiger partial charge in [-0.25, -0.2) is 19.9 Å². The fourth-order valence-electron chi connectivity index (χ4n) is 8.80. The summed E-state index contributed by atoms with van der Waals surface area (Å²) in [6.07, 6.45) is 0. The van der Waals surface area contributed by atoms with Crippen molar-refractivity contribution in [3.63, 3.8) is 0 Å². The Labute approximate surface area is 333 Å². The van der Waals surface area contributed by atoms with Crippen molar-refractivity contribution in [1.82, 2.24) is 29.1 Å². The zero-order valence-electron chi connectivity index (χ0n) is 31.2. The van der Waals surface area contributed by atoms with E-state index in [1.54, 1.807) is 0 Å². The fourth-order valence-corrected chi connectivity index (χ4v) is 8.80. The van der Waals surface area contributed by atoms with Crippen LogP contribution in [0.3, 0.4) is 0 Å². The van der Waals surface area contributed by atoms with Crippen LogP contribution < -0.4 is 0 Å². The predicted molar refractivity (Wildman–Crippen MR) is 238 cm³/mol. The molecule has 0 aliphatic heterocycles. The van der Waals surface area contributed by atoms with Gasteiger partial charge in [0.25, 0.3) is 0 Å². The zero-order chi connectivity index (χ0) is 38.2. The Morgan fingerprint density at radius 2 is 0.793 bits per heavy atom. The average molecular weight is 741 g/mol. The van der Waals surface area contributed by atoms with Crippen LogP contribution in [0.2, 0.25) is 0 Å². The third-order valence-corrected chi connectivity index (χ3v) is 11.3. The van der Waals surface area contributed by atoms with Crippen molar-refractivity contribution >= 4 is 65.4 Å². The first-order valence-corrected chi connectivity index (χ1v) is 19.5. The van der Waals surface area contributed by atoms with Crippen LogP contribution in [-0.4, -0.2) is 29.1 Å². The summed E-state index contributed by atoms with van der Waals surface area (Å²) >= 11 is 0. The number of aromatic nitrogens is 6. The lowest BCUT2D eigenvalue weighted by molar-refractivity contribution is 1.01. The van der Waals surface area contributed by atoms with Gasteiger partial charge in [0.15, 0.2) is 5.82 Å². The smallest absolute Gasteiger partial charge is 0.235 e. The Morgan fingerprint density at radius 1 is 0.310 bits per heavy atom. The normalized spacial score (nSPS) is 11.8. The molecule has 0 unspecified atom stereocenters. The number of para-hydroxylation sites is 4. The average Bonchev–Trinajstić information content (AvgIpc) is 3.82. The van der Waals surface area contributed by atoms with Crippen LogP contribution in [0.4, 0.5) is 0 Å². The molecule has 12 rings (SSSR count). The molecular formula is C52H32N6. The Morgan fingerprint density at radius 3 is 1.43 bits per heavy atom. The Bertz CT molecular complexity index is 3570. The highest BCUT2D eigenvalue weighted by atomic mass is 15.2. The first-order chi connectivity index (χ1) is 28.8. The molecule has 0 atom stereocenters. The van der Waals surface area contributed by atoms with E-state index in [-0.39, 0.29) is 0 Å². The van der Waals surface area contributed by atoms with Gasteiger partial charge in [-0.1, -0.05) is 146 Å². The lowest BCUT2D eigenvalue weighted by atomic mass is 10.1. The second-order valence-corrected chi connectivity index (χ2v) is 14.6. The van der Waals surface area contributed by atoms with Crippen molar-refractivity contribution in [1.29, 1.82) is 0 Å². The molecule has 0 bridgehead atoms. The van der Waals surface area contributed by atoms with E-state index < -0.39 is 0 Å². The van der Waals surface area contributed by atoms with E-state index in [1.165, 1.54) is 16.2 Å². The molecule has 0 amide bonds. The third kappa shape index (κ3) is 4.92. The predicted octanol–water partition coefficient (Wildman–Crippen LogP) is 12.8. The van der Waals surface area contributed by atoms with Crippen molar-refractivity contribution in [2.24, 2.45) is 0 Å². The Hall–Kier alpha value is -7.96. The molecule has 6 nitrogen and oxygen atoms in total. The van der Waals surface area contributed by atoms with Crippen molar-refractivity contribution in [3.05, 3.63) is 194 Å². The summed E-state index contributed by atoms with van der Waals surface area (Å²) in [5, 5.41) is 6.74. The second kappa shape index (κ2) is 12.8. The molecule has 0 aliphatic rings. The van der Waals surface area contributed by atoms with E-state index in [0.29, 0.717) is 11.8 Å². The molecule has 4 aromatic heterocycles. The van der Waals surface area contributed by atoms with Crippen LogP contribution in [0.25, 0.3) is 111 Å². The zero-order valence-corrected chi connectivity index (χ0v) is 31.2. The molecule has 12 aromatic rings. The maximum atomic E-state index is 5.33. The molecule has 4 heterocycles. The minimum Gasteiger partial charge on any atom is -0.309 e. The van der Waals surface area contributed by atoms with Crippen LogP contribution in [0.5, 0.6) is 0 Å². The van der Waals surface area contributed by atoms with Crippen LogP contribution in [-0.2, 0) is 0 Å². The molecule has 270 valence electrons. The number of fused-ring (bicyclic) bond motifs is 9. The number of nitrogens with zero attached hydrogens (tertiary/aromatic N) is 6. The number of rotatable bonds is 5. The molecule has 0 saturated heterocycles. The third-order valence-electron chi connectivity index (χ3n) is 11.3. The fraction of sp³-hybridized carbons (Fsp3) is 0. The molecular weight excluding hydrogens is 709 g/mol. The van der Waals surface area contributed by atoms with Gasteiger partial charge in [0.05, 0.1) is 44.5 Å². The summed E-state index contributed by atoms with van der Waals surface area (Å²) in [5.41, 5.74) is 12.1. The molecule has 0 spiro atoms. The number of hydrogen-bond acceptors (Lipinski definition) is 4. The molecule has 58 heavy (non-hydrogen) atoms. The van der Waals surface area contributed by atoms with E-state index in [4.69, 9.17) is 19.9 Å². The van der Waals surface area contributed by atoms with Gasteiger partial charge in [-0.15, -0.1) is 0 Å². The van der Waals surface area contributed by atoms with E-state index in [0.717, 1.165) is 83.0 Å². The summed E-state index contributed by atoms with van der Waals surface area (Å²) < 4.78 is 4.61. The first kappa shape index (κ1) is 32.3. The van der Waals surface area contributed by atoms with Crippen molar-refractivity contribution < 1.29 is 0 Å². The van der Waals surface area contributed by atoms with Crippen molar-refractivity contribution in [2.75, 3.05) is 0 Å². The molecule has 0 saturated carbocycles. The maximum absolute atomic E-state index is 5.33. The lowest BCUT2D eigenvalue weighted by Crippen LogP contribution is -2.03. The Kier molecular flexibility index (Phi) is 7.13. The van der Waals surface area contributed by atoms with Crippen LogP contribution in [0.15, 0.2) is 194 Å². The largest absolute Gasteiger partial charge is 0.309 e. The van der Waals surface area contributed by atoms with Gasteiger partial charge >= 0.3 is 0 Å². The number of benzene rings is 8. The summed E-state index contributed by atoms with van der Waals surface area (Å²) in [7, 11) is 0. The Balaban J connectivity index is 1.10. The van der Waals surface area contributed by atoms with Gasteiger partial charge in [0.1, 0.15) is 0 Å². The lowest BCUT2D eigenvalue weighted by Gasteiger charge is -2.12. The van der Waals surface area contributed by atoms with Crippen LogP contribution >= 0.6 is 0 Å². The second-order valence-electron chi connectivity index (χ2n) is 14.6. The minimum absolute atomic E-state index is 0.643. The van der Waals surface area contributed by atoms with Crippen LogP contribution in [0, 0.1) is 0 Å². The molecule has 0 aliphatic carbocycles. The van der Waals surface area contributed by atoms with E-state index >= 15 is 0 Å². The topological polar surface area (TPSA) is 61.4 Å². The maximum Gasteiger partial charge on any atom is 0.235 e. The van der Waals surface area contributed by atoms with E-state index in [9.17, 15) is 0 Å². The summed E-state index contributed by atoms with van der Waals surface area (Å²) in [6.45, 7) is 0. The minimum atomic E-state index is 0.643. The highest BCUT2D eigenvalue weighted by Crippen LogP contribution is 2.43. The summed E-state index contributed by atoms with van der Waals surface area (Å²) in [6, 6.07) is 67.7. The van der Waals surface area contributed by atoms with Gasteiger partial charge < -0.3 is 4.57 Å². The van der Waals surface area contributed by atoms with E-state index in [2.05, 4.69) is 173 Å². The van der Waals surface area contributed by atoms with Gasteiger partial charge in [0.2, 0.25) is 5.95 Å².